The van der Waals surface area contributed by atoms with Gasteiger partial charge in [-0.3, -0.25) is 0 Å². The topological polar surface area (TPSA) is 62.8 Å². The van der Waals surface area contributed by atoms with Crippen molar-refractivity contribution in [3.05, 3.63) is 10.7 Å². The number of piperidine rings is 1. The van der Waals surface area contributed by atoms with Crippen LogP contribution in [-0.4, -0.2) is 43.0 Å². The average molecular weight is 390 g/mol. The van der Waals surface area contributed by atoms with Gasteiger partial charge in [0.15, 0.2) is 0 Å². The lowest BCUT2D eigenvalue weighted by atomic mass is 9.83. The van der Waals surface area contributed by atoms with Crippen LogP contribution in [0.25, 0.3) is 0 Å². The third-order valence-corrected chi connectivity index (χ3v) is 5.03. The second-order valence-electron chi connectivity index (χ2n) is 7.70. The summed E-state index contributed by atoms with van der Waals surface area (Å²) in [6.45, 7) is 14.4. The van der Waals surface area contributed by atoms with Crippen molar-refractivity contribution >= 4 is 17.7 Å². The molecule has 152 valence electrons. The summed E-state index contributed by atoms with van der Waals surface area (Å²) < 4.78 is 10.8. The predicted octanol–water partition coefficient (Wildman–Crippen LogP) is 4.22. The van der Waals surface area contributed by atoms with Gasteiger partial charge in [0.05, 0.1) is 0 Å². The van der Waals surface area contributed by atoms with E-state index in [9.17, 15) is 4.79 Å². The Bertz CT molecular complexity index is 469. The molecule has 26 heavy (non-hydrogen) atoms. The maximum atomic E-state index is 12.2. The molecule has 0 aliphatic carbocycles. The molecule has 1 heterocycles. The van der Waals surface area contributed by atoms with Crippen molar-refractivity contribution in [2.24, 2.45) is 11.8 Å². The molecule has 0 bridgehead atoms. The lowest BCUT2D eigenvalue weighted by Crippen LogP contribution is -2.44. The largest absolute Gasteiger partial charge is 0.444 e. The number of carbonyl (C=O) groups is 1. The lowest BCUT2D eigenvalue weighted by molar-refractivity contribution is 0.0167. The van der Waals surface area contributed by atoms with E-state index in [0.29, 0.717) is 32.3 Å². The van der Waals surface area contributed by atoms with E-state index in [4.69, 9.17) is 21.1 Å². The number of halogens is 1. The van der Waals surface area contributed by atoms with Gasteiger partial charge in [-0.05, 0) is 52.9 Å². The van der Waals surface area contributed by atoms with Gasteiger partial charge in [-0.25, -0.2) is 10.2 Å². The van der Waals surface area contributed by atoms with E-state index in [0.717, 1.165) is 30.0 Å². The highest BCUT2D eigenvalue weighted by Crippen LogP contribution is 2.32. The van der Waals surface area contributed by atoms with Crippen molar-refractivity contribution in [2.75, 3.05) is 26.4 Å². The highest BCUT2D eigenvalue weighted by molar-refractivity contribution is 6.29. The van der Waals surface area contributed by atoms with Crippen molar-refractivity contribution in [2.45, 2.75) is 66.4 Å². The number of rotatable bonds is 8. The summed E-state index contributed by atoms with van der Waals surface area (Å²) in [4.78, 5) is 14.0. The Morgan fingerprint density at radius 1 is 1.27 bits per heavy atom. The molecule has 1 aliphatic rings. The van der Waals surface area contributed by atoms with Crippen LogP contribution in [0.15, 0.2) is 10.7 Å². The molecular formula is C19H36ClN3O3. The summed E-state index contributed by atoms with van der Waals surface area (Å²) in [7, 11) is 0. The van der Waals surface area contributed by atoms with Crippen molar-refractivity contribution in [1.29, 1.82) is 0 Å². The monoisotopic (exact) mass is 389 g/mol. The molecule has 0 spiro atoms. The minimum absolute atomic E-state index is 0.220. The summed E-state index contributed by atoms with van der Waals surface area (Å²) in [5.41, 5.74) is 6.87. The molecule has 0 saturated carbocycles. The van der Waals surface area contributed by atoms with Crippen LogP contribution in [-0.2, 0) is 9.47 Å². The molecular weight excluding hydrogens is 354 g/mol. The van der Waals surface area contributed by atoms with Crippen LogP contribution in [0.5, 0.6) is 0 Å². The van der Waals surface area contributed by atoms with Crippen molar-refractivity contribution in [3.63, 3.8) is 0 Å². The summed E-state index contributed by atoms with van der Waals surface area (Å²) in [5.74, 6) is 0.739. The summed E-state index contributed by atoms with van der Waals surface area (Å²) in [6, 6.07) is 0. The van der Waals surface area contributed by atoms with Gasteiger partial charge in [0.1, 0.15) is 12.3 Å². The van der Waals surface area contributed by atoms with Crippen molar-refractivity contribution in [1.82, 2.24) is 15.8 Å². The smallest absolute Gasteiger partial charge is 0.410 e. The van der Waals surface area contributed by atoms with Gasteiger partial charge < -0.3 is 19.8 Å². The molecule has 1 aliphatic heterocycles. The number of nitrogens with one attached hydrogen (secondary N) is 2. The standard InChI is InChI=1S/C19H36ClN3O3/c1-7-16(20)17(22-21-13-25-8-2)14(3)15-9-11-23(12-10-15)18(24)26-19(4,5)6/h14-15,21-22H,7-13H2,1-6H3/b17-16+. The minimum Gasteiger partial charge on any atom is -0.444 e. The van der Waals surface area contributed by atoms with Crippen molar-refractivity contribution < 1.29 is 14.3 Å². The van der Waals surface area contributed by atoms with Gasteiger partial charge in [0.2, 0.25) is 0 Å². The maximum Gasteiger partial charge on any atom is 0.410 e. The van der Waals surface area contributed by atoms with Crippen LogP contribution < -0.4 is 10.9 Å². The van der Waals surface area contributed by atoms with E-state index < -0.39 is 5.60 Å². The second kappa shape index (κ2) is 11.0. The Morgan fingerprint density at radius 3 is 2.38 bits per heavy atom. The first kappa shape index (κ1) is 23.1. The Morgan fingerprint density at radius 2 is 1.88 bits per heavy atom. The fourth-order valence-corrected chi connectivity index (χ4v) is 3.27. The fraction of sp³-hybridized carbons (Fsp3) is 0.842. The van der Waals surface area contributed by atoms with Crippen LogP contribution in [0.1, 0.15) is 60.8 Å². The number of hydrazine groups is 1. The molecule has 2 N–H and O–H groups in total. The number of likely N-dealkylation sites (tertiary alicyclic amines) is 1. The molecule has 0 aromatic heterocycles. The Kier molecular flexibility index (Phi) is 9.75. The Hall–Kier alpha value is -0.980. The van der Waals surface area contributed by atoms with Crippen LogP contribution in [0.4, 0.5) is 4.79 Å². The molecule has 1 fully saturated rings. The number of allylic oxidation sites excluding steroid dienone is 2. The third-order valence-electron chi connectivity index (χ3n) is 4.56. The van der Waals surface area contributed by atoms with Crippen molar-refractivity contribution in [3.8, 4) is 0 Å². The van der Waals surface area contributed by atoms with Gasteiger partial charge in [-0.2, -0.15) is 0 Å². The van der Waals surface area contributed by atoms with E-state index in [1.54, 1.807) is 4.90 Å². The van der Waals surface area contributed by atoms with Gasteiger partial charge in [0, 0.05) is 36.3 Å². The highest BCUT2D eigenvalue weighted by atomic mass is 35.5. The number of ether oxygens (including phenoxy) is 2. The van der Waals surface area contributed by atoms with Crippen LogP contribution in [0, 0.1) is 11.8 Å². The fourth-order valence-electron chi connectivity index (χ4n) is 3.05. The first-order valence-corrected chi connectivity index (χ1v) is 10.00. The van der Waals surface area contributed by atoms with Gasteiger partial charge in [0.25, 0.3) is 0 Å². The summed E-state index contributed by atoms with van der Waals surface area (Å²) >= 11 is 6.46. The number of nitrogens with zero attached hydrogens (tertiary/aromatic N) is 1. The van der Waals surface area contributed by atoms with E-state index >= 15 is 0 Å². The van der Waals surface area contributed by atoms with E-state index in [-0.39, 0.29) is 12.0 Å². The average Bonchev–Trinajstić information content (AvgIpc) is 2.59. The van der Waals surface area contributed by atoms with E-state index in [1.807, 2.05) is 34.6 Å². The third kappa shape index (κ3) is 7.72. The minimum atomic E-state index is -0.456. The second-order valence-corrected chi connectivity index (χ2v) is 8.16. The molecule has 1 rings (SSSR count). The molecule has 1 atom stereocenters. The summed E-state index contributed by atoms with van der Waals surface area (Å²) in [5, 5.41) is 0.830. The molecule has 1 saturated heterocycles. The predicted molar refractivity (Wildman–Crippen MR) is 106 cm³/mol. The number of hydrogen-bond acceptors (Lipinski definition) is 5. The van der Waals surface area contributed by atoms with Gasteiger partial charge in [-0.15, -0.1) is 0 Å². The first-order chi connectivity index (χ1) is 12.2. The SMILES string of the molecule is CCOCNN/C(=C(/Cl)CC)C(C)C1CCN(C(=O)OC(C)(C)C)CC1. The zero-order chi connectivity index (χ0) is 19.7. The van der Waals surface area contributed by atoms with Crippen LogP contribution in [0.3, 0.4) is 0 Å². The number of carbonyl (C=O) groups excluding carboxylic acids is 1. The first-order valence-electron chi connectivity index (χ1n) is 9.62. The maximum absolute atomic E-state index is 12.2. The molecule has 0 radical (unpaired) electrons. The zero-order valence-corrected chi connectivity index (χ0v) is 17.9. The van der Waals surface area contributed by atoms with E-state index in [2.05, 4.69) is 17.8 Å². The Labute approximate surface area is 163 Å². The number of amides is 1. The highest BCUT2D eigenvalue weighted by Gasteiger charge is 2.31. The quantitative estimate of drug-likeness (QED) is 0.369. The van der Waals surface area contributed by atoms with Gasteiger partial charge >= 0.3 is 6.09 Å². The lowest BCUT2D eigenvalue weighted by Gasteiger charge is -2.36. The van der Waals surface area contributed by atoms with Crippen LogP contribution >= 0.6 is 11.6 Å². The Balaban J connectivity index is 2.61. The zero-order valence-electron chi connectivity index (χ0n) is 17.2. The molecule has 0 aromatic rings. The van der Waals surface area contributed by atoms with Crippen LogP contribution in [0.2, 0.25) is 0 Å². The molecule has 1 unspecified atom stereocenters. The number of hydrogen-bond donors (Lipinski definition) is 2. The normalized spacial score (nSPS) is 18.3. The molecule has 6 nitrogen and oxygen atoms in total. The molecule has 0 aromatic carbocycles. The molecule has 7 heteroatoms. The van der Waals surface area contributed by atoms with Gasteiger partial charge in [-0.1, -0.05) is 25.4 Å². The summed E-state index contributed by atoms with van der Waals surface area (Å²) in [6.07, 6.45) is 2.43. The molecule has 1 amide bonds. The van der Waals surface area contributed by atoms with E-state index in [1.165, 1.54) is 0 Å².